The van der Waals surface area contributed by atoms with Gasteiger partial charge in [0, 0.05) is 0 Å². The molecular formula is C7H15NO2. The van der Waals surface area contributed by atoms with Gasteiger partial charge < -0.3 is 10.4 Å². The van der Waals surface area contributed by atoms with Gasteiger partial charge in [0.1, 0.15) is 0 Å². The van der Waals surface area contributed by atoms with E-state index in [4.69, 9.17) is 5.11 Å². The normalized spacial score (nSPS) is 14.4. The highest BCUT2D eigenvalue weighted by atomic mass is 16.3. The number of hydrogen-bond donors (Lipinski definition) is 2. The van der Waals surface area contributed by atoms with E-state index in [9.17, 15) is 4.79 Å². The number of carbonyl (C=O) groups is 1. The summed E-state index contributed by atoms with van der Waals surface area (Å²) in [6, 6.07) is -0.148. The van der Waals surface area contributed by atoms with Crippen molar-refractivity contribution in [1.82, 2.24) is 5.32 Å². The molecule has 2 N–H and O–H groups in total. The van der Waals surface area contributed by atoms with Crippen molar-refractivity contribution in [3.05, 3.63) is 0 Å². The van der Waals surface area contributed by atoms with Gasteiger partial charge in [-0.3, -0.25) is 4.79 Å². The zero-order valence-electron chi connectivity index (χ0n) is 6.72. The molecule has 1 unspecified atom stereocenters. The van der Waals surface area contributed by atoms with Gasteiger partial charge in [0.25, 0.3) is 0 Å². The van der Waals surface area contributed by atoms with Gasteiger partial charge in [0.05, 0.1) is 12.6 Å². The van der Waals surface area contributed by atoms with Crippen molar-refractivity contribution in [2.24, 2.45) is 5.41 Å². The second-order valence-corrected chi connectivity index (χ2v) is 3.39. The highest BCUT2D eigenvalue weighted by molar-refractivity contribution is 5.46. The predicted octanol–water partition coefficient (Wildman–Crippen LogP) is 0.139. The maximum absolute atomic E-state index is 10.00. The van der Waals surface area contributed by atoms with Crippen LogP contribution in [-0.4, -0.2) is 24.2 Å². The van der Waals surface area contributed by atoms with E-state index < -0.39 is 0 Å². The number of nitrogens with one attached hydrogen (secondary N) is 1. The third-order valence-corrected chi connectivity index (χ3v) is 1.50. The number of amides is 1. The monoisotopic (exact) mass is 145 g/mol. The highest BCUT2D eigenvalue weighted by Gasteiger charge is 2.22. The van der Waals surface area contributed by atoms with Crippen molar-refractivity contribution < 1.29 is 9.90 Å². The van der Waals surface area contributed by atoms with Crippen molar-refractivity contribution >= 4 is 6.41 Å². The predicted molar refractivity (Wildman–Crippen MR) is 39.5 cm³/mol. The molecular weight excluding hydrogens is 130 g/mol. The van der Waals surface area contributed by atoms with Crippen LogP contribution in [0.15, 0.2) is 0 Å². The molecule has 0 aliphatic carbocycles. The average molecular weight is 145 g/mol. The van der Waals surface area contributed by atoms with Crippen molar-refractivity contribution in [2.75, 3.05) is 6.61 Å². The molecule has 0 saturated heterocycles. The summed E-state index contributed by atoms with van der Waals surface area (Å²) in [4.78, 5) is 10.00. The highest BCUT2D eigenvalue weighted by Crippen LogP contribution is 2.17. The fourth-order valence-corrected chi connectivity index (χ4v) is 0.659. The molecule has 0 saturated carbocycles. The molecule has 3 heteroatoms. The van der Waals surface area contributed by atoms with Gasteiger partial charge in [-0.1, -0.05) is 20.8 Å². The summed E-state index contributed by atoms with van der Waals surface area (Å²) >= 11 is 0. The van der Waals surface area contributed by atoms with Gasteiger partial charge in [0.15, 0.2) is 0 Å². The van der Waals surface area contributed by atoms with E-state index in [-0.39, 0.29) is 18.1 Å². The Morgan fingerprint density at radius 3 is 2.20 bits per heavy atom. The lowest BCUT2D eigenvalue weighted by molar-refractivity contribution is -0.111. The molecule has 0 aromatic carbocycles. The van der Waals surface area contributed by atoms with E-state index in [1.54, 1.807) is 0 Å². The van der Waals surface area contributed by atoms with Crippen molar-refractivity contribution in [3.8, 4) is 0 Å². The maximum atomic E-state index is 10.00. The second-order valence-electron chi connectivity index (χ2n) is 3.39. The van der Waals surface area contributed by atoms with E-state index in [1.165, 1.54) is 0 Å². The van der Waals surface area contributed by atoms with Crippen LogP contribution in [0, 0.1) is 5.41 Å². The van der Waals surface area contributed by atoms with E-state index in [1.807, 2.05) is 20.8 Å². The largest absolute Gasteiger partial charge is 0.394 e. The summed E-state index contributed by atoms with van der Waals surface area (Å²) in [5.41, 5.74) is -0.0737. The van der Waals surface area contributed by atoms with Crippen LogP contribution in [0.2, 0.25) is 0 Å². The number of aliphatic hydroxyl groups is 1. The Bertz CT molecular complexity index is 107. The summed E-state index contributed by atoms with van der Waals surface area (Å²) in [5.74, 6) is 0. The number of aliphatic hydroxyl groups excluding tert-OH is 1. The van der Waals surface area contributed by atoms with Gasteiger partial charge in [-0.05, 0) is 5.41 Å². The quantitative estimate of drug-likeness (QED) is 0.555. The first kappa shape index (κ1) is 9.43. The minimum atomic E-state index is -0.148. The maximum Gasteiger partial charge on any atom is 0.207 e. The van der Waals surface area contributed by atoms with Crippen molar-refractivity contribution in [1.29, 1.82) is 0 Å². The smallest absolute Gasteiger partial charge is 0.207 e. The molecule has 0 rings (SSSR count). The first-order valence-electron chi connectivity index (χ1n) is 3.33. The molecule has 0 radical (unpaired) electrons. The molecule has 0 aromatic rings. The van der Waals surface area contributed by atoms with Crippen LogP contribution in [-0.2, 0) is 4.79 Å². The van der Waals surface area contributed by atoms with Crippen LogP contribution in [0.4, 0.5) is 0 Å². The lowest BCUT2D eigenvalue weighted by atomic mass is 9.87. The lowest BCUT2D eigenvalue weighted by Crippen LogP contribution is -2.42. The van der Waals surface area contributed by atoms with Crippen molar-refractivity contribution in [2.45, 2.75) is 26.8 Å². The minimum Gasteiger partial charge on any atom is -0.394 e. The molecule has 0 spiro atoms. The molecule has 1 atom stereocenters. The molecule has 60 valence electrons. The fraction of sp³-hybridized carbons (Fsp3) is 0.857. The van der Waals surface area contributed by atoms with Gasteiger partial charge >= 0.3 is 0 Å². The number of carbonyl (C=O) groups excluding carboxylic acids is 1. The third-order valence-electron chi connectivity index (χ3n) is 1.50. The third kappa shape index (κ3) is 2.82. The molecule has 3 nitrogen and oxygen atoms in total. The number of hydrogen-bond acceptors (Lipinski definition) is 2. The summed E-state index contributed by atoms with van der Waals surface area (Å²) in [7, 11) is 0. The number of rotatable bonds is 3. The molecule has 0 aromatic heterocycles. The molecule has 0 heterocycles. The molecule has 0 aliphatic heterocycles. The van der Waals surface area contributed by atoms with E-state index in [2.05, 4.69) is 5.32 Å². The first-order valence-corrected chi connectivity index (χ1v) is 3.33. The van der Waals surface area contributed by atoms with Crippen LogP contribution in [0.1, 0.15) is 20.8 Å². The molecule has 0 bridgehead atoms. The summed E-state index contributed by atoms with van der Waals surface area (Å²) in [6.45, 7) is 5.88. The Morgan fingerprint density at radius 2 is 2.10 bits per heavy atom. The Hall–Kier alpha value is -0.570. The van der Waals surface area contributed by atoms with Gasteiger partial charge in [-0.15, -0.1) is 0 Å². The van der Waals surface area contributed by atoms with Crippen LogP contribution in [0.3, 0.4) is 0 Å². The van der Waals surface area contributed by atoms with Gasteiger partial charge in [-0.2, -0.15) is 0 Å². The van der Waals surface area contributed by atoms with E-state index >= 15 is 0 Å². The Labute approximate surface area is 61.4 Å². The van der Waals surface area contributed by atoms with Gasteiger partial charge in [0.2, 0.25) is 6.41 Å². The molecule has 0 aliphatic rings. The van der Waals surface area contributed by atoms with Crippen LogP contribution in [0.25, 0.3) is 0 Å². The van der Waals surface area contributed by atoms with Crippen molar-refractivity contribution in [3.63, 3.8) is 0 Å². The first-order chi connectivity index (χ1) is 4.52. The minimum absolute atomic E-state index is 0.0117. The fourth-order valence-electron chi connectivity index (χ4n) is 0.659. The Balaban J connectivity index is 3.92. The average Bonchev–Trinajstić information content (AvgIpc) is 1.80. The molecule has 10 heavy (non-hydrogen) atoms. The second kappa shape index (κ2) is 3.56. The van der Waals surface area contributed by atoms with Crippen LogP contribution >= 0.6 is 0 Å². The van der Waals surface area contributed by atoms with Gasteiger partial charge in [-0.25, -0.2) is 0 Å². The zero-order valence-corrected chi connectivity index (χ0v) is 6.72. The van der Waals surface area contributed by atoms with Crippen LogP contribution in [0.5, 0.6) is 0 Å². The molecule has 0 fully saturated rings. The topological polar surface area (TPSA) is 49.3 Å². The Kier molecular flexibility index (Phi) is 3.36. The molecule has 1 amide bonds. The van der Waals surface area contributed by atoms with E-state index in [0.717, 1.165) is 0 Å². The summed E-state index contributed by atoms with van der Waals surface area (Å²) in [5, 5.41) is 11.3. The lowest BCUT2D eigenvalue weighted by Gasteiger charge is -2.27. The SMILES string of the molecule is CC(C)(C)C(CO)NC=O. The summed E-state index contributed by atoms with van der Waals surface area (Å²) < 4.78 is 0. The standard InChI is InChI=1S/C7H15NO2/c1-7(2,3)6(4-9)8-5-10/h5-6,9H,4H2,1-3H3,(H,8,10). The van der Waals surface area contributed by atoms with Crippen LogP contribution < -0.4 is 5.32 Å². The zero-order chi connectivity index (χ0) is 8.20. The van der Waals surface area contributed by atoms with E-state index in [0.29, 0.717) is 6.41 Å². The Morgan fingerprint density at radius 1 is 1.60 bits per heavy atom. The summed E-state index contributed by atoms with van der Waals surface area (Å²) in [6.07, 6.45) is 0.617.